The van der Waals surface area contributed by atoms with E-state index in [9.17, 15) is 13.6 Å². The maximum Gasteiger partial charge on any atom is 0.189 e. The van der Waals surface area contributed by atoms with E-state index in [0.29, 0.717) is 5.69 Å². The zero-order chi connectivity index (χ0) is 22.2. The van der Waals surface area contributed by atoms with E-state index in [1.165, 1.54) is 6.26 Å². The van der Waals surface area contributed by atoms with Crippen LogP contribution in [0.1, 0.15) is 24.1 Å². The maximum absolute atomic E-state index is 12.0. The maximum atomic E-state index is 12.0. The molecule has 0 spiro atoms. The number of fused-ring (bicyclic) bond motifs is 1. The van der Waals surface area contributed by atoms with E-state index in [1.807, 2.05) is 61.5 Å². The topological polar surface area (TPSA) is 74.0 Å². The molecular formula is C25H24N2O3S. The summed E-state index contributed by atoms with van der Waals surface area (Å²) in [7, 11) is -3.10. The van der Waals surface area contributed by atoms with Crippen molar-refractivity contribution in [1.82, 2.24) is 4.98 Å². The second-order valence-corrected chi connectivity index (χ2v) is 10.3. The third-order valence-corrected chi connectivity index (χ3v) is 6.57. The standard InChI is InChI=1S/C25H24N2O3S/c1-17(16-31(3,29)30)23-13-21-8-5-11-26-25(21)24(14-23)20-7-4-6-19(12-20)22-10-9-18(2)27(28)15-22/h4-15,17H,16H2,1-3H3. The number of rotatable bonds is 5. The number of nitrogens with zero attached hydrogens (tertiary/aromatic N) is 2. The molecule has 2 aromatic carbocycles. The molecule has 0 radical (unpaired) electrons. The van der Waals surface area contributed by atoms with Crippen LogP contribution in [-0.2, 0) is 9.84 Å². The van der Waals surface area contributed by atoms with Crippen LogP contribution in [0.4, 0.5) is 0 Å². The Kier molecular flexibility index (Phi) is 5.50. The molecule has 1 atom stereocenters. The van der Waals surface area contributed by atoms with Gasteiger partial charge in [0.25, 0.3) is 0 Å². The van der Waals surface area contributed by atoms with Gasteiger partial charge in [-0.3, -0.25) is 4.98 Å². The Labute approximate surface area is 182 Å². The van der Waals surface area contributed by atoms with E-state index >= 15 is 0 Å². The van der Waals surface area contributed by atoms with E-state index in [1.54, 1.807) is 25.4 Å². The van der Waals surface area contributed by atoms with Crippen molar-refractivity contribution < 1.29 is 13.1 Å². The van der Waals surface area contributed by atoms with Gasteiger partial charge in [-0.05, 0) is 52.9 Å². The van der Waals surface area contributed by atoms with Crippen molar-refractivity contribution in [3.8, 4) is 22.3 Å². The first kappa shape index (κ1) is 21.0. The number of hydrogen-bond acceptors (Lipinski definition) is 4. The van der Waals surface area contributed by atoms with Gasteiger partial charge in [0.05, 0.1) is 11.3 Å². The number of aromatic nitrogens is 2. The molecule has 0 aliphatic heterocycles. The van der Waals surface area contributed by atoms with E-state index in [2.05, 4.69) is 4.98 Å². The van der Waals surface area contributed by atoms with Gasteiger partial charge in [0, 0.05) is 42.0 Å². The van der Waals surface area contributed by atoms with Gasteiger partial charge >= 0.3 is 0 Å². The third kappa shape index (κ3) is 4.59. The lowest BCUT2D eigenvalue weighted by Crippen LogP contribution is -2.29. The molecule has 31 heavy (non-hydrogen) atoms. The van der Waals surface area contributed by atoms with Crippen molar-refractivity contribution in [2.24, 2.45) is 0 Å². The van der Waals surface area contributed by atoms with Gasteiger partial charge in [-0.1, -0.05) is 31.2 Å². The Morgan fingerprint density at radius 3 is 2.52 bits per heavy atom. The fourth-order valence-electron chi connectivity index (χ4n) is 3.86. The highest BCUT2D eigenvalue weighted by Gasteiger charge is 2.16. The van der Waals surface area contributed by atoms with Gasteiger partial charge in [0.15, 0.2) is 11.9 Å². The largest absolute Gasteiger partial charge is 0.618 e. The van der Waals surface area contributed by atoms with Crippen LogP contribution in [0.15, 0.2) is 73.1 Å². The van der Waals surface area contributed by atoms with Crippen LogP contribution in [0.5, 0.6) is 0 Å². The van der Waals surface area contributed by atoms with Crippen molar-refractivity contribution in [1.29, 1.82) is 0 Å². The van der Waals surface area contributed by atoms with Gasteiger partial charge in [-0.25, -0.2) is 8.42 Å². The molecule has 0 fully saturated rings. The molecule has 6 heteroatoms. The van der Waals surface area contributed by atoms with E-state index in [-0.39, 0.29) is 11.7 Å². The quantitative estimate of drug-likeness (QED) is 0.340. The van der Waals surface area contributed by atoms with Gasteiger partial charge in [0.1, 0.15) is 9.84 Å². The van der Waals surface area contributed by atoms with Crippen LogP contribution in [0.25, 0.3) is 33.2 Å². The minimum Gasteiger partial charge on any atom is -0.618 e. The van der Waals surface area contributed by atoms with Crippen LogP contribution in [0.2, 0.25) is 0 Å². The highest BCUT2D eigenvalue weighted by molar-refractivity contribution is 7.90. The lowest BCUT2D eigenvalue weighted by Gasteiger charge is -2.15. The average Bonchev–Trinajstić information content (AvgIpc) is 2.74. The molecule has 0 saturated heterocycles. The minimum absolute atomic E-state index is 0.0884. The van der Waals surface area contributed by atoms with Gasteiger partial charge < -0.3 is 5.21 Å². The first-order valence-electron chi connectivity index (χ1n) is 10.1. The fraction of sp³-hybridized carbons (Fsp3) is 0.200. The second-order valence-electron chi connectivity index (χ2n) is 8.10. The lowest BCUT2D eigenvalue weighted by atomic mass is 9.92. The summed E-state index contributed by atoms with van der Waals surface area (Å²) in [5.41, 5.74) is 6.13. The molecule has 0 aliphatic carbocycles. The SMILES string of the molecule is Cc1ccc(-c2cccc(-c3cc(C(C)CS(C)(=O)=O)cc4cccnc34)c2)c[n+]1[O-]. The molecule has 0 amide bonds. The Balaban J connectivity index is 1.86. The third-order valence-electron chi connectivity index (χ3n) is 5.46. The number of aryl methyl sites for hydroxylation is 1. The zero-order valence-electron chi connectivity index (χ0n) is 17.7. The Hall–Kier alpha value is -3.25. The monoisotopic (exact) mass is 432 g/mol. The highest BCUT2D eigenvalue weighted by atomic mass is 32.2. The van der Waals surface area contributed by atoms with Crippen molar-refractivity contribution in [2.45, 2.75) is 19.8 Å². The van der Waals surface area contributed by atoms with E-state index in [4.69, 9.17) is 0 Å². The van der Waals surface area contributed by atoms with Crippen molar-refractivity contribution in [3.05, 3.63) is 89.5 Å². The first-order valence-corrected chi connectivity index (χ1v) is 12.1. The first-order chi connectivity index (χ1) is 14.7. The minimum atomic E-state index is -3.10. The average molecular weight is 433 g/mol. The molecule has 0 saturated carbocycles. The predicted molar refractivity (Wildman–Crippen MR) is 124 cm³/mol. The summed E-state index contributed by atoms with van der Waals surface area (Å²) >= 11 is 0. The number of hydrogen-bond donors (Lipinski definition) is 0. The summed E-state index contributed by atoms with van der Waals surface area (Å²) in [5.74, 6) is -0.0523. The van der Waals surface area contributed by atoms with E-state index < -0.39 is 9.84 Å². The summed E-state index contributed by atoms with van der Waals surface area (Å²) in [5, 5.41) is 13.0. The van der Waals surface area contributed by atoms with Gasteiger partial charge in [-0.15, -0.1) is 0 Å². The number of pyridine rings is 2. The molecule has 0 bridgehead atoms. The molecular weight excluding hydrogens is 408 g/mol. The summed E-state index contributed by atoms with van der Waals surface area (Å²) in [6.07, 6.45) is 4.60. The second kappa shape index (κ2) is 8.12. The van der Waals surface area contributed by atoms with Crippen LogP contribution in [-0.4, -0.2) is 25.4 Å². The molecule has 5 nitrogen and oxygen atoms in total. The molecule has 4 rings (SSSR count). The predicted octanol–water partition coefficient (Wildman–Crippen LogP) is 4.66. The molecule has 158 valence electrons. The highest BCUT2D eigenvalue weighted by Crippen LogP contribution is 2.33. The molecule has 1 unspecified atom stereocenters. The fourth-order valence-corrected chi connectivity index (χ4v) is 4.96. The summed E-state index contributed by atoms with van der Waals surface area (Å²) in [4.78, 5) is 4.59. The van der Waals surface area contributed by atoms with Crippen LogP contribution >= 0.6 is 0 Å². The smallest absolute Gasteiger partial charge is 0.189 e. The lowest BCUT2D eigenvalue weighted by molar-refractivity contribution is -0.611. The molecule has 0 aliphatic rings. The van der Waals surface area contributed by atoms with Gasteiger partial charge in [0.2, 0.25) is 0 Å². The van der Waals surface area contributed by atoms with Crippen LogP contribution in [0.3, 0.4) is 0 Å². The molecule has 2 heterocycles. The summed E-state index contributed by atoms with van der Waals surface area (Å²) in [6, 6.07) is 19.7. The van der Waals surface area contributed by atoms with E-state index in [0.717, 1.165) is 43.5 Å². The Morgan fingerprint density at radius 1 is 1.00 bits per heavy atom. The summed E-state index contributed by atoms with van der Waals surface area (Å²) in [6.45, 7) is 3.70. The summed E-state index contributed by atoms with van der Waals surface area (Å²) < 4.78 is 24.6. The Bertz CT molecular complexity index is 1380. The molecule has 2 aromatic heterocycles. The molecule has 0 N–H and O–H groups in total. The molecule has 4 aromatic rings. The zero-order valence-corrected chi connectivity index (χ0v) is 18.6. The van der Waals surface area contributed by atoms with Crippen molar-refractivity contribution in [3.63, 3.8) is 0 Å². The Morgan fingerprint density at radius 2 is 1.77 bits per heavy atom. The normalized spacial score (nSPS) is 12.7. The van der Waals surface area contributed by atoms with Crippen LogP contribution in [0, 0.1) is 12.1 Å². The van der Waals surface area contributed by atoms with Crippen LogP contribution < -0.4 is 4.73 Å². The van der Waals surface area contributed by atoms with Crippen molar-refractivity contribution >= 4 is 20.7 Å². The number of benzene rings is 2. The van der Waals surface area contributed by atoms with Gasteiger partial charge in [-0.2, -0.15) is 4.73 Å². The number of sulfone groups is 1. The van der Waals surface area contributed by atoms with Crippen molar-refractivity contribution in [2.75, 3.05) is 12.0 Å².